The lowest BCUT2D eigenvalue weighted by Gasteiger charge is -2.09. The van der Waals surface area contributed by atoms with Gasteiger partial charge in [0.1, 0.15) is 17.1 Å². The van der Waals surface area contributed by atoms with Crippen LogP contribution in [0, 0.1) is 20.8 Å². The van der Waals surface area contributed by atoms with Crippen molar-refractivity contribution in [3.63, 3.8) is 0 Å². The lowest BCUT2D eigenvalue weighted by molar-refractivity contribution is 0.0694. The Morgan fingerprint density at radius 1 is 1.14 bits per heavy atom. The van der Waals surface area contributed by atoms with Crippen molar-refractivity contribution in [2.45, 2.75) is 27.3 Å². The SMILES string of the molecule is Cc1cc(C(=O)NCc2cc(C(=O)O)c(C)o2)c(C)cc1Br. The average Bonchev–Trinajstić information content (AvgIpc) is 2.81. The maximum Gasteiger partial charge on any atom is 0.339 e. The molecule has 0 radical (unpaired) electrons. The zero-order valence-electron chi connectivity index (χ0n) is 12.5. The first-order valence-corrected chi connectivity index (χ1v) is 7.46. The molecule has 1 heterocycles. The monoisotopic (exact) mass is 365 g/mol. The molecule has 0 aliphatic rings. The van der Waals surface area contributed by atoms with E-state index in [2.05, 4.69) is 21.2 Å². The Bertz CT molecular complexity index is 749. The van der Waals surface area contributed by atoms with E-state index in [0.717, 1.165) is 15.6 Å². The molecule has 0 saturated heterocycles. The molecule has 0 aliphatic carbocycles. The van der Waals surface area contributed by atoms with Gasteiger partial charge < -0.3 is 14.8 Å². The molecule has 1 aromatic heterocycles. The van der Waals surface area contributed by atoms with Crippen LogP contribution >= 0.6 is 15.9 Å². The number of benzene rings is 1. The van der Waals surface area contributed by atoms with Crippen molar-refractivity contribution in [3.05, 3.63) is 56.4 Å². The van der Waals surface area contributed by atoms with E-state index in [1.165, 1.54) is 6.07 Å². The second-order valence-corrected chi connectivity index (χ2v) is 5.94. The van der Waals surface area contributed by atoms with Crippen molar-refractivity contribution < 1.29 is 19.1 Å². The van der Waals surface area contributed by atoms with Gasteiger partial charge in [-0.2, -0.15) is 0 Å². The summed E-state index contributed by atoms with van der Waals surface area (Å²) in [5, 5.41) is 11.7. The third-order valence-corrected chi connectivity index (χ3v) is 4.23. The predicted octanol–water partition coefficient (Wildman–Crippen LogP) is 3.60. The fraction of sp³-hybridized carbons (Fsp3) is 0.250. The summed E-state index contributed by atoms with van der Waals surface area (Å²) in [4.78, 5) is 23.2. The Hall–Kier alpha value is -2.08. The molecule has 0 saturated carbocycles. The summed E-state index contributed by atoms with van der Waals surface area (Å²) in [5.41, 5.74) is 2.52. The minimum Gasteiger partial charge on any atom is -0.478 e. The smallest absolute Gasteiger partial charge is 0.339 e. The molecular weight excluding hydrogens is 350 g/mol. The number of carboxylic acid groups (broad SMARTS) is 1. The van der Waals surface area contributed by atoms with Crippen molar-refractivity contribution in [1.29, 1.82) is 0 Å². The molecule has 1 amide bonds. The summed E-state index contributed by atoms with van der Waals surface area (Å²) in [7, 11) is 0. The van der Waals surface area contributed by atoms with E-state index in [-0.39, 0.29) is 18.0 Å². The van der Waals surface area contributed by atoms with E-state index in [1.54, 1.807) is 6.92 Å². The van der Waals surface area contributed by atoms with Gasteiger partial charge in [0.15, 0.2) is 0 Å². The highest BCUT2D eigenvalue weighted by atomic mass is 79.9. The number of aromatic carboxylic acids is 1. The number of amides is 1. The first kappa shape index (κ1) is 16.3. The van der Waals surface area contributed by atoms with Gasteiger partial charge in [-0.25, -0.2) is 4.79 Å². The normalized spacial score (nSPS) is 10.5. The van der Waals surface area contributed by atoms with Crippen LogP contribution in [0.3, 0.4) is 0 Å². The standard InChI is InChI=1S/C16H16BrNO4/c1-8-5-14(17)9(2)4-12(8)15(19)18-7-11-6-13(16(20)21)10(3)22-11/h4-6H,7H2,1-3H3,(H,18,19)(H,20,21). The van der Waals surface area contributed by atoms with Crippen molar-refractivity contribution in [2.75, 3.05) is 0 Å². The number of hydrogen-bond donors (Lipinski definition) is 2. The zero-order chi connectivity index (χ0) is 16.4. The molecule has 0 fully saturated rings. The van der Waals surface area contributed by atoms with Gasteiger partial charge in [0.25, 0.3) is 5.91 Å². The van der Waals surface area contributed by atoms with E-state index in [4.69, 9.17) is 9.52 Å². The van der Waals surface area contributed by atoms with Crippen LogP contribution in [0.2, 0.25) is 0 Å². The summed E-state index contributed by atoms with van der Waals surface area (Å²) >= 11 is 3.43. The number of aryl methyl sites for hydroxylation is 3. The van der Waals surface area contributed by atoms with Crippen LogP contribution in [0.4, 0.5) is 0 Å². The average molecular weight is 366 g/mol. The zero-order valence-corrected chi connectivity index (χ0v) is 14.1. The first-order chi connectivity index (χ1) is 10.3. The van der Waals surface area contributed by atoms with Gasteiger partial charge in [0.05, 0.1) is 6.54 Å². The molecule has 1 aromatic carbocycles. The second kappa shape index (κ2) is 6.36. The van der Waals surface area contributed by atoms with Crippen molar-refractivity contribution >= 4 is 27.8 Å². The number of halogens is 1. The van der Waals surface area contributed by atoms with Crippen LogP contribution in [-0.4, -0.2) is 17.0 Å². The van der Waals surface area contributed by atoms with Crippen LogP contribution in [0.15, 0.2) is 27.1 Å². The maximum atomic E-state index is 12.2. The minimum absolute atomic E-state index is 0.111. The number of carbonyl (C=O) groups excluding carboxylic acids is 1. The highest BCUT2D eigenvalue weighted by Gasteiger charge is 2.15. The highest BCUT2D eigenvalue weighted by molar-refractivity contribution is 9.10. The number of nitrogens with one attached hydrogen (secondary N) is 1. The maximum absolute atomic E-state index is 12.2. The summed E-state index contributed by atoms with van der Waals surface area (Å²) in [6, 6.07) is 5.13. The molecule has 2 rings (SSSR count). The van der Waals surface area contributed by atoms with Gasteiger partial charge in [-0.1, -0.05) is 15.9 Å². The number of hydrogen-bond acceptors (Lipinski definition) is 3. The number of furan rings is 1. The summed E-state index contributed by atoms with van der Waals surface area (Å²) in [5.74, 6) is -0.528. The molecule has 2 aromatic rings. The summed E-state index contributed by atoms with van der Waals surface area (Å²) in [6.07, 6.45) is 0. The molecule has 22 heavy (non-hydrogen) atoms. The van der Waals surface area contributed by atoms with Gasteiger partial charge in [-0.05, 0) is 50.1 Å². The Balaban J connectivity index is 2.12. The van der Waals surface area contributed by atoms with E-state index in [9.17, 15) is 9.59 Å². The van der Waals surface area contributed by atoms with Crippen LogP contribution in [0.25, 0.3) is 0 Å². The van der Waals surface area contributed by atoms with Crippen molar-refractivity contribution in [3.8, 4) is 0 Å². The molecule has 0 atom stereocenters. The Morgan fingerprint density at radius 2 is 1.82 bits per heavy atom. The summed E-state index contributed by atoms with van der Waals surface area (Å²) < 4.78 is 6.29. The van der Waals surface area contributed by atoms with E-state index in [1.807, 2.05) is 26.0 Å². The van der Waals surface area contributed by atoms with E-state index < -0.39 is 5.97 Å². The van der Waals surface area contributed by atoms with Crippen molar-refractivity contribution in [2.24, 2.45) is 0 Å². The lowest BCUT2D eigenvalue weighted by atomic mass is 10.1. The molecule has 5 nitrogen and oxygen atoms in total. The van der Waals surface area contributed by atoms with Gasteiger partial charge in [-0.15, -0.1) is 0 Å². The predicted molar refractivity (Wildman–Crippen MR) is 85.2 cm³/mol. The minimum atomic E-state index is -1.04. The van der Waals surface area contributed by atoms with Crippen LogP contribution < -0.4 is 5.32 Å². The number of carbonyl (C=O) groups is 2. The van der Waals surface area contributed by atoms with Gasteiger partial charge >= 0.3 is 5.97 Å². The summed E-state index contributed by atoms with van der Waals surface area (Å²) in [6.45, 7) is 5.49. The third-order valence-electron chi connectivity index (χ3n) is 3.37. The van der Waals surface area contributed by atoms with Crippen LogP contribution in [-0.2, 0) is 6.54 Å². The Morgan fingerprint density at radius 3 is 2.41 bits per heavy atom. The Labute approximate surface area is 136 Å². The van der Waals surface area contributed by atoms with Crippen LogP contribution in [0.1, 0.15) is 43.4 Å². The van der Waals surface area contributed by atoms with Gasteiger partial charge in [0.2, 0.25) is 0 Å². The molecule has 2 N–H and O–H groups in total. The molecule has 6 heteroatoms. The number of carboxylic acids is 1. The molecule has 0 spiro atoms. The third kappa shape index (κ3) is 3.39. The van der Waals surface area contributed by atoms with Gasteiger partial charge in [-0.3, -0.25) is 4.79 Å². The molecule has 0 unspecified atom stereocenters. The molecular formula is C16H16BrNO4. The molecule has 0 bridgehead atoms. The largest absolute Gasteiger partial charge is 0.478 e. The van der Waals surface area contributed by atoms with Gasteiger partial charge in [0, 0.05) is 10.0 Å². The lowest BCUT2D eigenvalue weighted by Crippen LogP contribution is -2.23. The van der Waals surface area contributed by atoms with E-state index in [0.29, 0.717) is 17.1 Å². The fourth-order valence-corrected chi connectivity index (χ4v) is 2.59. The van der Waals surface area contributed by atoms with Crippen LogP contribution in [0.5, 0.6) is 0 Å². The topological polar surface area (TPSA) is 79.5 Å². The highest BCUT2D eigenvalue weighted by Crippen LogP contribution is 2.21. The second-order valence-electron chi connectivity index (χ2n) is 5.09. The molecule has 116 valence electrons. The molecule has 0 aliphatic heterocycles. The van der Waals surface area contributed by atoms with Crippen molar-refractivity contribution in [1.82, 2.24) is 5.32 Å². The fourth-order valence-electron chi connectivity index (χ4n) is 2.13. The van der Waals surface area contributed by atoms with E-state index >= 15 is 0 Å². The first-order valence-electron chi connectivity index (χ1n) is 6.67. The quantitative estimate of drug-likeness (QED) is 0.867. The Kier molecular flexibility index (Phi) is 4.71. The number of rotatable bonds is 4.